The van der Waals surface area contributed by atoms with Crippen molar-refractivity contribution in [1.82, 2.24) is 4.90 Å². The first-order valence-corrected chi connectivity index (χ1v) is 12.5. The zero-order valence-corrected chi connectivity index (χ0v) is 20.7. The van der Waals surface area contributed by atoms with E-state index in [9.17, 15) is 22.8 Å². The Morgan fingerprint density at radius 1 is 0.833 bits per heavy atom. The number of benzene rings is 2. The molecule has 3 amide bonds. The molecule has 6 nitrogen and oxygen atoms in total. The standard InChI is InChI=1S/C27H33F3N4O2/c1-18-8-12-33(13-9-18)24-7-6-22(17-23(24)25(35)34-14-10-19(2)11-15-34)32-26(36)31-21-5-3-4-20(16-21)27(28,29)30/h3-7,16-19H,8-15H2,1-2H3,(H2,31,32,36). The Morgan fingerprint density at radius 2 is 1.42 bits per heavy atom. The van der Waals surface area contributed by atoms with Crippen LogP contribution in [0.25, 0.3) is 0 Å². The van der Waals surface area contributed by atoms with E-state index >= 15 is 0 Å². The maximum atomic E-state index is 13.6. The molecule has 2 aliphatic heterocycles. The number of halogens is 3. The highest BCUT2D eigenvalue weighted by Crippen LogP contribution is 2.32. The average Bonchev–Trinajstić information content (AvgIpc) is 2.84. The van der Waals surface area contributed by atoms with E-state index in [4.69, 9.17) is 0 Å². The van der Waals surface area contributed by atoms with Gasteiger partial charge in [0.05, 0.1) is 11.1 Å². The number of anilines is 3. The van der Waals surface area contributed by atoms with Crippen molar-refractivity contribution in [2.75, 3.05) is 41.7 Å². The predicted octanol–water partition coefficient (Wildman–Crippen LogP) is 6.46. The maximum Gasteiger partial charge on any atom is 0.416 e. The highest BCUT2D eigenvalue weighted by Gasteiger charge is 2.31. The molecule has 2 N–H and O–H groups in total. The molecule has 2 saturated heterocycles. The Hall–Kier alpha value is -3.23. The molecular weight excluding hydrogens is 469 g/mol. The summed E-state index contributed by atoms with van der Waals surface area (Å²) in [4.78, 5) is 30.2. The topological polar surface area (TPSA) is 64.7 Å². The van der Waals surface area contributed by atoms with E-state index in [1.807, 2.05) is 11.0 Å². The molecule has 0 unspecified atom stereocenters. The molecule has 2 aromatic carbocycles. The number of amides is 3. The summed E-state index contributed by atoms with van der Waals surface area (Å²) in [5, 5.41) is 5.12. The van der Waals surface area contributed by atoms with Crippen molar-refractivity contribution in [3.05, 3.63) is 53.6 Å². The largest absolute Gasteiger partial charge is 0.416 e. The molecule has 4 rings (SSSR count). The molecule has 0 radical (unpaired) electrons. The summed E-state index contributed by atoms with van der Waals surface area (Å²) in [7, 11) is 0. The molecule has 0 spiro atoms. The van der Waals surface area contributed by atoms with Crippen molar-refractivity contribution in [2.24, 2.45) is 11.8 Å². The lowest BCUT2D eigenvalue weighted by Gasteiger charge is -2.35. The lowest BCUT2D eigenvalue weighted by atomic mass is 9.96. The van der Waals surface area contributed by atoms with Crippen molar-refractivity contribution >= 4 is 29.0 Å². The van der Waals surface area contributed by atoms with Gasteiger partial charge in [0.25, 0.3) is 5.91 Å². The van der Waals surface area contributed by atoms with E-state index in [1.165, 1.54) is 12.1 Å². The number of likely N-dealkylation sites (tertiary alicyclic amines) is 1. The van der Waals surface area contributed by atoms with Gasteiger partial charge in [0.2, 0.25) is 0 Å². The second kappa shape index (κ2) is 10.8. The van der Waals surface area contributed by atoms with E-state index in [2.05, 4.69) is 29.4 Å². The second-order valence-corrected chi connectivity index (χ2v) is 10.0. The first-order valence-electron chi connectivity index (χ1n) is 12.5. The Balaban J connectivity index is 1.54. The molecule has 0 atom stereocenters. The van der Waals surface area contributed by atoms with Crippen molar-refractivity contribution in [3.8, 4) is 0 Å². The molecule has 9 heteroatoms. The summed E-state index contributed by atoms with van der Waals surface area (Å²) in [6.45, 7) is 7.54. The van der Waals surface area contributed by atoms with E-state index < -0.39 is 17.8 Å². The first-order chi connectivity index (χ1) is 17.1. The highest BCUT2D eigenvalue weighted by molar-refractivity contribution is 6.04. The molecule has 0 aliphatic carbocycles. The fourth-order valence-electron chi connectivity index (χ4n) is 4.76. The van der Waals surface area contributed by atoms with Crippen molar-refractivity contribution in [2.45, 2.75) is 45.7 Å². The van der Waals surface area contributed by atoms with Crippen LogP contribution in [-0.2, 0) is 6.18 Å². The van der Waals surface area contributed by atoms with Gasteiger partial charge in [0.1, 0.15) is 0 Å². The van der Waals surface area contributed by atoms with Gasteiger partial charge < -0.3 is 20.4 Å². The van der Waals surface area contributed by atoms with Crippen LogP contribution in [-0.4, -0.2) is 43.0 Å². The van der Waals surface area contributed by atoms with E-state index in [1.54, 1.807) is 12.1 Å². The number of alkyl halides is 3. The van der Waals surface area contributed by atoms with Gasteiger partial charge in [0.15, 0.2) is 0 Å². The van der Waals surface area contributed by atoms with Gasteiger partial charge in [-0.1, -0.05) is 19.9 Å². The SMILES string of the molecule is CC1CCN(C(=O)c2cc(NC(=O)Nc3cccc(C(F)(F)F)c3)ccc2N2CCC(C)CC2)CC1. The lowest BCUT2D eigenvalue weighted by Crippen LogP contribution is -2.40. The van der Waals surface area contributed by atoms with Crippen LogP contribution in [0, 0.1) is 11.8 Å². The number of hydrogen-bond acceptors (Lipinski definition) is 3. The first kappa shape index (κ1) is 25.9. The Labute approximate surface area is 209 Å². The van der Waals surface area contributed by atoms with E-state index in [0.29, 0.717) is 36.2 Å². The number of piperidine rings is 2. The number of carbonyl (C=O) groups excluding carboxylic acids is 2. The number of rotatable bonds is 4. The minimum atomic E-state index is -4.50. The molecule has 36 heavy (non-hydrogen) atoms. The fraction of sp³-hybridized carbons (Fsp3) is 0.481. The van der Waals surface area contributed by atoms with Gasteiger partial charge in [0, 0.05) is 43.2 Å². The molecular formula is C27H33F3N4O2. The quantitative estimate of drug-likeness (QED) is 0.505. The second-order valence-electron chi connectivity index (χ2n) is 10.0. The normalized spacial score (nSPS) is 17.7. The molecule has 0 aromatic heterocycles. The van der Waals surface area contributed by atoms with Gasteiger partial charge in [-0.05, 0) is 73.9 Å². The van der Waals surface area contributed by atoms with E-state index in [-0.39, 0.29) is 11.6 Å². The molecule has 2 aliphatic rings. The third-order valence-corrected chi connectivity index (χ3v) is 7.13. The summed E-state index contributed by atoms with van der Waals surface area (Å²) in [5.74, 6) is 1.17. The van der Waals surface area contributed by atoms with Crippen LogP contribution in [0.15, 0.2) is 42.5 Å². The zero-order chi connectivity index (χ0) is 25.9. The minimum Gasteiger partial charge on any atom is -0.371 e. The van der Waals surface area contributed by atoms with Crippen molar-refractivity contribution in [1.29, 1.82) is 0 Å². The molecule has 0 bridgehead atoms. The van der Waals surface area contributed by atoms with Crippen LogP contribution in [0.4, 0.5) is 35.0 Å². The minimum absolute atomic E-state index is 0.0279. The van der Waals surface area contributed by atoms with Crippen LogP contribution >= 0.6 is 0 Å². The zero-order valence-electron chi connectivity index (χ0n) is 20.7. The predicted molar refractivity (Wildman–Crippen MR) is 135 cm³/mol. The lowest BCUT2D eigenvalue weighted by molar-refractivity contribution is -0.137. The summed E-state index contributed by atoms with van der Waals surface area (Å²) >= 11 is 0. The number of hydrogen-bond donors (Lipinski definition) is 2. The van der Waals surface area contributed by atoms with Gasteiger partial charge in [-0.15, -0.1) is 0 Å². The third-order valence-electron chi connectivity index (χ3n) is 7.13. The number of carbonyl (C=O) groups is 2. The van der Waals surface area contributed by atoms with Crippen LogP contribution in [0.3, 0.4) is 0 Å². The molecule has 2 aromatic rings. The molecule has 0 saturated carbocycles. The maximum absolute atomic E-state index is 13.6. The van der Waals surface area contributed by atoms with Crippen molar-refractivity contribution < 1.29 is 22.8 Å². The number of urea groups is 1. The Morgan fingerprint density at radius 3 is 2.03 bits per heavy atom. The smallest absolute Gasteiger partial charge is 0.371 e. The monoisotopic (exact) mass is 502 g/mol. The van der Waals surface area contributed by atoms with Crippen LogP contribution < -0.4 is 15.5 Å². The summed E-state index contributed by atoms with van der Waals surface area (Å²) in [5.41, 5.74) is 0.983. The summed E-state index contributed by atoms with van der Waals surface area (Å²) in [6, 6.07) is 9.04. The third kappa shape index (κ3) is 6.30. The van der Waals surface area contributed by atoms with Crippen LogP contribution in [0.2, 0.25) is 0 Å². The Kier molecular flexibility index (Phi) is 7.76. The van der Waals surface area contributed by atoms with Crippen molar-refractivity contribution in [3.63, 3.8) is 0 Å². The van der Waals surface area contributed by atoms with Gasteiger partial charge in [-0.2, -0.15) is 13.2 Å². The fourth-order valence-corrected chi connectivity index (χ4v) is 4.76. The van der Waals surface area contributed by atoms with E-state index in [0.717, 1.165) is 56.6 Å². The Bertz CT molecular complexity index is 1090. The van der Waals surface area contributed by atoms with Crippen LogP contribution in [0.1, 0.15) is 55.5 Å². The highest BCUT2D eigenvalue weighted by atomic mass is 19.4. The molecule has 2 heterocycles. The average molecular weight is 503 g/mol. The van der Waals surface area contributed by atoms with Gasteiger partial charge in [-0.25, -0.2) is 4.79 Å². The summed E-state index contributed by atoms with van der Waals surface area (Å²) < 4.78 is 39.0. The van der Waals surface area contributed by atoms with Gasteiger partial charge in [-0.3, -0.25) is 4.79 Å². The van der Waals surface area contributed by atoms with Crippen LogP contribution in [0.5, 0.6) is 0 Å². The number of nitrogens with one attached hydrogen (secondary N) is 2. The number of nitrogens with zero attached hydrogens (tertiary/aromatic N) is 2. The van der Waals surface area contributed by atoms with Gasteiger partial charge >= 0.3 is 12.2 Å². The summed E-state index contributed by atoms with van der Waals surface area (Å²) in [6.07, 6.45) is -0.487. The molecule has 2 fully saturated rings. The molecule has 194 valence electrons.